The molecular weight excluding hydrogens is 409 g/mol. The summed E-state index contributed by atoms with van der Waals surface area (Å²) in [6, 6.07) is 13.8. The summed E-state index contributed by atoms with van der Waals surface area (Å²) in [6.45, 7) is -0.0257. The number of carboxylic acids is 1. The maximum Gasteiger partial charge on any atom is 0.412 e. The number of hydrogen-bond donors (Lipinski definition) is 2. The fourth-order valence-corrected chi connectivity index (χ4v) is 3.70. The second-order valence-corrected chi connectivity index (χ2v) is 7.18. The van der Waals surface area contributed by atoms with Crippen LogP contribution in [0.3, 0.4) is 0 Å². The SMILES string of the molecule is O=C(Nc1csc(-c2ccc(Cl)cc2)c1C(=O)O)OCc1ccccc1Cl. The third-order valence-electron chi connectivity index (χ3n) is 3.66. The van der Waals surface area contributed by atoms with E-state index in [4.69, 9.17) is 27.9 Å². The lowest BCUT2D eigenvalue weighted by Gasteiger charge is -2.08. The number of benzene rings is 2. The first-order valence-electron chi connectivity index (χ1n) is 7.73. The third kappa shape index (κ3) is 4.60. The van der Waals surface area contributed by atoms with Crippen LogP contribution in [0.25, 0.3) is 10.4 Å². The minimum atomic E-state index is -1.15. The number of amides is 1. The molecule has 0 saturated heterocycles. The smallest absolute Gasteiger partial charge is 0.412 e. The molecule has 1 aromatic heterocycles. The molecule has 0 aliphatic heterocycles. The summed E-state index contributed by atoms with van der Waals surface area (Å²) in [5, 5.41) is 14.7. The summed E-state index contributed by atoms with van der Waals surface area (Å²) >= 11 is 13.1. The number of carbonyl (C=O) groups excluding carboxylic acids is 1. The molecule has 0 saturated carbocycles. The highest BCUT2D eigenvalue weighted by molar-refractivity contribution is 7.14. The molecule has 3 rings (SSSR count). The fraction of sp³-hybridized carbons (Fsp3) is 0.0526. The van der Waals surface area contributed by atoms with Gasteiger partial charge in [-0.1, -0.05) is 53.5 Å². The normalized spacial score (nSPS) is 10.4. The molecule has 2 aromatic carbocycles. The van der Waals surface area contributed by atoms with Crippen molar-refractivity contribution in [3.63, 3.8) is 0 Å². The number of ether oxygens (including phenoxy) is 1. The van der Waals surface area contributed by atoms with Crippen LogP contribution in [-0.2, 0) is 11.3 Å². The minimum absolute atomic E-state index is 0.00276. The van der Waals surface area contributed by atoms with E-state index in [2.05, 4.69) is 5.32 Å². The van der Waals surface area contributed by atoms with Crippen LogP contribution in [0.5, 0.6) is 0 Å². The number of halogens is 2. The molecule has 27 heavy (non-hydrogen) atoms. The van der Waals surface area contributed by atoms with Crippen LogP contribution >= 0.6 is 34.5 Å². The number of thiophene rings is 1. The second kappa shape index (κ2) is 8.43. The van der Waals surface area contributed by atoms with Crippen LogP contribution in [0.2, 0.25) is 10.0 Å². The van der Waals surface area contributed by atoms with Crippen LogP contribution in [0, 0.1) is 0 Å². The van der Waals surface area contributed by atoms with E-state index in [0.717, 1.165) is 0 Å². The number of hydrogen-bond acceptors (Lipinski definition) is 4. The summed E-state index contributed by atoms with van der Waals surface area (Å²) < 4.78 is 5.14. The van der Waals surface area contributed by atoms with Crippen molar-refractivity contribution in [1.29, 1.82) is 0 Å². The summed E-state index contributed by atoms with van der Waals surface area (Å²) in [5.74, 6) is -1.15. The largest absolute Gasteiger partial charge is 0.478 e. The van der Waals surface area contributed by atoms with Gasteiger partial charge >= 0.3 is 12.1 Å². The predicted molar refractivity (Wildman–Crippen MR) is 107 cm³/mol. The molecule has 0 fully saturated rings. The molecule has 8 heteroatoms. The molecule has 3 aromatic rings. The van der Waals surface area contributed by atoms with E-state index >= 15 is 0 Å². The van der Waals surface area contributed by atoms with E-state index < -0.39 is 12.1 Å². The zero-order valence-electron chi connectivity index (χ0n) is 13.7. The molecule has 1 amide bonds. The Hall–Kier alpha value is -2.54. The van der Waals surface area contributed by atoms with Crippen LogP contribution in [-0.4, -0.2) is 17.2 Å². The van der Waals surface area contributed by atoms with Gasteiger partial charge in [0.05, 0.1) is 10.6 Å². The van der Waals surface area contributed by atoms with E-state index in [9.17, 15) is 14.7 Å². The predicted octanol–water partition coefficient (Wildman–Crippen LogP) is 6.17. The van der Waals surface area contributed by atoms with Gasteiger partial charge in [-0.05, 0) is 23.8 Å². The number of carboxylic acid groups (broad SMARTS) is 1. The molecule has 1 heterocycles. The van der Waals surface area contributed by atoms with Crippen molar-refractivity contribution >= 4 is 52.3 Å². The van der Waals surface area contributed by atoms with E-state index in [1.165, 1.54) is 11.3 Å². The van der Waals surface area contributed by atoms with Crippen molar-refractivity contribution in [3.8, 4) is 10.4 Å². The highest BCUT2D eigenvalue weighted by atomic mass is 35.5. The standard InChI is InChI=1S/C19H13Cl2NO4S/c20-13-7-5-11(6-8-13)17-16(18(23)24)15(10-27-17)22-19(25)26-9-12-3-1-2-4-14(12)21/h1-8,10H,9H2,(H,22,25)(H,23,24). The average molecular weight is 422 g/mol. The quantitative estimate of drug-likeness (QED) is 0.516. The number of rotatable bonds is 5. The van der Waals surface area contributed by atoms with Crippen LogP contribution in [0.4, 0.5) is 10.5 Å². The summed E-state index contributed by atoms with van der Waals surface area (Å²) in [4.78, 5) is 24.3. The molecule has 5 nitrogen and oxygen atoms in total. The average Bonchev–Trinajstić information content (AvgIpc) is 3.05. The Kier molecular flexibility index (Phi) is 6.01. The van der Waals surface area contributed by atoms with E-state index in [1.54, 1.807) is 53.9 Å². The van der Waals surface area contributed by atoms with E-state index in [0.29, 0.717) is 26.0 Å². The summed E-state index contributed by atoms with van der Waals surface area (Å²) in [5.41, 5.74) is 1.51. The van der Waals surface area contributed by atoms with Gasteiger partial charge in [-0.25, -0.2) is 9.59 Å². The van der Waals surface area contributed by atoms with Gasteiger partial charge < -0.3 is 9.84 Å². The van der Waals surface area contributed by atoms with Gasteiger partial charge in [0.2, 0.25) is 0 Å². The van der Waals surface area contributed by atoms with Gasteiger partial charge in [-0.2, -0.15) is 0 Å². The molecule has 0 aliphatic carbocycles. The lowest BCUT2D eigenvalue weighted by atomic mass is 10.1. The molecule has 0 aliphatic rings. The molecule has 2 N–H and O–H groups in total. The van der Waals surface area contributed by atoms with Gasteiger partial charge in [0.1, 0.15) is 12.2 Å². The van der Waals surface area contributed by atoms with Crippen LogP contribution in [0.15, 0.2) is 53.9 Å². The lowest BCUT2D eigenvalue weighted by molar-refractivity contribution is 0.0699. The Bertz CT molecular complexity index is 986. The van der Waals surface area contributed by atoms with Crippen molar-refractivity contribution in [2.45, 2.75) is 6.61 Å². The molecule has 0 radical (unpaired) electrons. The molecule has 138 valence electrons. The Morgan fingerprint density at radius 3 is 2.44 bits per heavy atom. The van der Waals surface area contributed by atoms with Gasteiger partial charge in [0, 0.05) is 21.0 Å². The number of aromatic carboxylic acids is 1. The third-order valence-corrected chi connectivity index (χ3v) is 5.31. The monoisotopic (exact) mass is 421 g/mol. The van der Waals surface area contributed by atoms with Gasteiger partial charge in [-0.3, -0.25) is 5.32 Å². The molecule has 0 unspecified atom stereocenters. The Morgan fingerprint density at radius 1 is 1.07 bits per heavy atom. The zero-order valence-corrected chi connectivity index (χ0v) is 16.1. The fourth-order valence-electron chi connectivity index (χ4n) is 2.38. The van der Waals surface area contributed by atoms with Crippen LogP contribution < -0.4 is 5.32 Å². The van der Waals surface area contributed by atoms with E-state index in [1.807, 2.05) is 0 Å². The molecule has 0 spiro atoms. The van der Waals surface area contributed by atoms with Crippen molar-refractivity contribution in [2.24, 2.45) is 0 Å². The first-order chi connectivity index (χ1) is 13.0. The minimum Gasteiger partial charge on any atom is -0.478 e. The topological polar surface area (TPSA) is 75.6 Å². The van der Waals surface area contributed by atoms with Crippen molar-refractivity contribution in [1.82, 2.24) is 0 Å². The molecular formula is C19H13Cl2NO4S. The highest BCUT2D eigenvalue weighted by Crippen LogP contribution is 2.36. The Balaban J connectivity index is 1.76. The zero-order chi connectivity index (χ0) is 19.4. The molecule has 0 bridgehead atoms. The Labute approximate surface area is 169 Å². The first-order valence-corrected chi connectivity index (χ1v) is 9.37. The van der Waals surface area contributed by atoms with Crippen molar-refractivity contribution < 1.29 is 19.4 Å². The number of carbonyl (C=O) groups is 2. The van der Waals surface area contributed by atoms with E-state index in [-0.39, 0.29) is 17.9 Å². The van der Waals surface area contributed by atoms with Gasteiger partial charge in [0.25, 0.3) is 0 Å². The van der Waals surface area contributed by atoms with Gasteiger partial charge in [0.15, 0.2) is 0 Å². The summed E-state index contributed by atoms with van der Waals surface area (Å²) in [6.07, 6.45) is -0.766. The second-order valence-electron chi connectivity index (χ2n) is 5.46. The number of nitrogens with one attached hydrogen (secondary N) is 1. The van der Waals surface area contributed by atoms with Crippen molar-refractivity contribution in [2.75, 3.05) is 5.32 Å². The van der Waals surface area contributed by atoms with Gasteiger partial charge in [-0.15, -0.1) is 11.3 Å². The maximum absolute atomic E-state index is 12.1. The highest BCUT2D eigenvalue weighted by Gasteiger charge is 2.21. The Morgan fingerprint density at radius 2 is 1.78 bits per heavy atom. The summed E-state index contributed by atoms with van der Waals surface area (Å²) in [7, 11) is 0. The number of anilines is 1. The molecule has 0 atom stereocenters. The maximum atomic E-state index is 12.1. The van der Waals surface area contributed by atoms with Crippen LogP contribution in [0.1, 0.15) is 15.9 Å². The first kappa shape index (κ1) is 19.2. The lowest BCUT2D eigenvalue weighted by Crippen LogP contribution is -2.15. The van der Waals surface area contributed by atoms with Crippen molar-refractivity contribution in [3.05, 3.63) is 75.1 Å².